The lowest BCUT2D eigenvalue weighted by atomic mass is 10.1. The highest BCUT2D eigenvalue weighted by Crippen LogP contribution is 2.14. The highest BCUT2D eigenvalue weighted by Gasteiger charge is 2.14. The molecule has 0 aliphatic rings. The van der Waals surface area contributed by atoms with Crippen LogP contribution in [0.3, 0.4) is 0 Å². The fourth-order valence-corrected chi connectivity index (χ4v) is 3.72. The highest BCUT2D eigenvalue weighted by molar-refractivity contribution is 7.91. The van der Waals surface area contributed by atoms with Gasteiger partial charge in [0.25, 0.3) is 0 Å². The van der Waals surface area contributed by atoms with Gasteiger partial charge in [0.2, 0.25) is 0 Å². The van der Waals surface area contributed by atoms with Gasteiger partial charge in [-0.1, -0.05) is 20.8 Å². The molecule has 0 radical (unpaired) electrons. The van der Waals surface area contributed by atoms with Crippen LogP contribution in [0.5, 0.6) is 0 Å². The number of aromatic nitrogens is 2. The zero-order chi connectivity index (χ0) is 16.0. The first-order valence-electron chi connectivity index (χ1n) is 7.73. The van der Waals surface area contributed by atoms with Crippen LogP contribution in [0.4, 0.5) is 0 Å². The molecule has 122 valence electrons. The summed E-state index contributed by atoms with van der Waals surface area (Å²) in [5.41, 5.74) is 3.33. The molecule has 0 unspecified atom stereocenters. The Balaban J connectivity index is 2.69. The van der Waals surface area contributed by atoms with Crippen molar-refractivity contribution in [3.05, 3.63) is 17.0 Å². The van der Waals surface area contributed by atoms with E-state index in [1.165, 1.54) is 5.56 Å². The van der Waals surface area contributed by atoms with Gasteiger partial charge in [-0.15, -0.1) is 0 Å². The minimum absolute atomic E-state index is 0.173. The fraction of sp³-hybridized carbons (Fsp3) is 0.800. The molecule has 1 N–H and O–H groups in total. The molecule has 0 spiro atoms. The van der Waals surface area contributed by atoms with Crippen molar-refractivity contribution in [1.29, 1.82) is 0 Å². The number of nitrogens with zero attached hydrogens (tertiary/aromatic N) is 2. The van der Waals surface area contributed by atoms with E-state index in [0.717, 1.165) is 24.4 Å². The molecule has 0 aliphatic heterocycles. The average Bonchev–Trinajstić information content (AvgIpc) is 2.63. The van der Waals surface area contributed by atoms with Crippen molar-refractivity contribution in [2.24, 2.45) is 0 Å². The topological polar surface area (TPSA) is 64.0 Å². The Morgan fingerprint density at radius 2 is 1.90 bits per heavy atom. The van der Waals surface area contributed by atoms with Gasteiger partial charge in [0.1, 0.15) is 0 Å². The van der Waals surface area contributed by atoms with Gasteiger partial charge in [0, 0.05) is 17.5 Å². The van der Waals surface area contributed by atoms with E-state index in [1.54, 1.807) is 0 Å². The number of rotatable bonds is 9. The second-order valence-electron chi connectivity index (χ2n) is 5.88. The zero-order valence-corrected chi connectivity index (χ0v) is 14.8. The summed E-state index contributed by atoms with van der Waals surface area (Å²) < 4.78 is 25.4. The molecule has 0 atom stereocenters. The van der Waals surface area contributed by atoms with Gasteiger partial charge in [-0.25, -0.2) is 8.42 Å². The number of hydrogen-bond acceptors (Lipinski definition) is 4. The predicted molar refractivity (Wildman–Crippen MR) is 87.5 cm³/mol. The van der Waals surface area contributed by atoms with E-state index < -0.39 is 9.84 Å². The molecule has 0 saturated carbocycles. The Morgan fingerprint density at radius 1 is 1.24 bits per heavy atom. The molecule has 0 amide bonds. The molecule has 1 heterocycles. The van der Waals surface area contributed by atoms with E-state index in [4.69, 9.17) is 0 Å². The van der Waals surface area contributed by atoms with Crippen molar-refractivity contribution in [2.75, 3.05) is 18.1 Å². The van der Waals surface area contributed by atoms with Crippen LogP contribution in [0.15, 0.2) is 0 Å². The minimum atomic E-state index is -2.95. The Bertz CT molecular complexity index is 548. The second kappa shape index (κ2) is 7.94. The van der Waals surface area contributed by atoms with Crippen LogP contribution in [0.2, 0.25) is 0 Å². The summed E-state index contributed by atoms with van der Waals surface area (Å²) in [7, 11) is -2.95. The van der Waals surface area contributed by atoms with Gasteiger partial charge in [-0.3, -0.25) is 4.68 Å². The fourth-order valence-electron chi connectivity index (χ4n) is 2.44. The third kappa shape index (κ3) is 5.79. The van der Waals surface area contributed by atoms with Crippen LogP contribution >= 0.6 is 0 Å². The molecule has 0 saturated heterocycles. The number of sulfone groups is 1. The zero-order valence-electron chi connectivity index (χ0n) is 13.9. The molecule has 0 bridgehead atoms. The van der Waals surface area contributed by atoms with Crippen molar-refractivity contribution in [3.63, 3.8) is 0 Å². The summed E-state index contributed by atoms with van der Waals surface area (Å²) in [4.78, 5) is 0. The first-order valence-corrected chi connectivity index (χ1v) is 9.55. The Kier molecular flexibility index (Phi) is 6.87. The summed E-state index contributed by atoms with van der Waals surface area (Å²) >= 11 is 0. The van der Waals surface area contributed by atoms with Crippen LogP contribution in [0.1, 0.15) is 44.1 Å². The maximum absolute atomic E-state index is 11.8. The van der Waals surface area contributed by atoms with Crippen LogP contribution in [0.25, 0.3) is 0 Å². The third-order valence-corrected chi connectivity index (χ3v) is 5.42. The smallest absolute Gasteiger partial charge is 0.152 e. The quantitative estimate of drug-likeness (QED) is 0.755. The third-order valence-electron chi connectivity index (χ3n) is 3.59. The number of hydrogen-bond donors (Lipinski definition) is 1. The maximum atomic E-state index is 11.8. The molecule has 0 aromatic carbocycles. The number of aryl methyl sites for hydroxylation is 2. The molecule has 0 aliphatic carbocycles. The monoisotopic (exact) mass is 315 g/mol. The molecule has 0 fully saturated rings. The van der Waals surface area contributed by atoms with E-state index in [9.17, 15) is 8.42 Å². The molecule has 21 heavy (non-hydrogen) atoms. The lowest BCUT2D eigenvalue weighted by Gasteiger charge is -2.09. The lowest BCUT2D eigenvalue weighted by Crippen LogP contribution is -2.25. The second-order valence-corrected chi connectivity index (χ2v) is 8.19. The standard InChI is InChI=1S/C15H29N3O2S/c1-6-10-21(19,20)11-9-18-14(5)15(13(4)17-18)7-8-16-12(2)3/h12,16H,6-11H2,1-5H3. The first-order chi connectivity index (χ1) is 9.76. The van der Waals surface area contributed by atoms with Crippen LogP contribution in [-0.2, 0) is 22.8 Å². The Hall–Kier alpha value is -0.880. The van der Waals surface area contributed by atoms with E-state index in [-0.39, 0.29) is 11.5 Å². The Labute approximate surface area is 129 Å². The van der Waals surface area contributed by atoms with Gasteiger partial charge in [0.15, 0.2) is 9.84 Å². The van der Waals surface area contributed by atoms with Gasteiger partial charge in [0.05, 0.1) is 18.0 Å². The van der Waals surface area contributed by atoms with Crippen LogP contribution in [-0.4, -0.2) is 42.3 Å². The largest absolute Gasteiger partial charge is 0.314 e. The molecular weight excluding hydrogens is 286 g/mol. The van der Waals surface area contributed by atoms with Crippen molar-refractivity contribution in [1.82, 2.24) is 15.1 Å². The van der Waals surface area contributed by atoms with Gasteiger partial charge in [-0.05, 0) is 38.8 Å². The first kappa shape index (κ1) is 18.2. The van der Waals surface area contributed by atoms with Crippen molar-refractivity contribution in [2.45, 2.75) is 60.0 Å². The van der Waals surface area contributed by atoms with E-state index >= 15 is 0 Å². The van der Waals surface area contributed by atoms with E-state index in [2.05, 4.69) is 24.3 Å². The summed E-state index contributed by atoms with van der Waals surface area (Å²) in [5, 5.41) is 7.89. The maximum Gasteiger partial charge on any atom is 0.152 e. The van der Waals surface area contributed by atoms with Gasteiger partial charge >= 0.3 is 0 Å². The molecule has 6 heteroatoms. The van der Waals surface area contributed by atoms with Crippen molar-refractivity contribution in [3.8, 4) is 0 Å². The molecule has 1 aromatic rings. The SMILES string of the molecule is CCCS(=O)(=O)CCn1nc(C)c(CCNC(C)C)c1C. The average molecular weight is 315 g/mol. The van der Waals surface area contributed by atoms with Gasteiger partial charge < -0.3 is 5.32 Å². The Morgan fingerprint density at radius 3 is 2.48 bits per heavy atom. The number of nitrogens with one attached hydrogen (secondary N) is 1. The molecular formula is C15H29N3O2S. The summed E-state index contributed by atoms with van der Waals surface area (Å²) in [6.07, 6.45) is 1.60. The van der Waals surface area contributed by atoms with Crippen LogP contribution < -0.4 is 5.32 Å². The summed E-state index contributed by atoms with van der Waals surface area (Å²) in [6.45, 7) is 11.5. The van der Waals surface area contributed by atoms with Crippen molar-refractivity contribution >= 4 is 9.84 Å². The highest BCUT2D eigenvalue weighted by atomic mass is 32.2. The molecule has 1 aromatic heterocycles. The van der Waals surface area contributed by atoms with Gasteiger partial charge in [-0.2, -0.15) is 5.10 Å². The summed E-state index contributed by atoms with van der Waals surface area (Å²) in [5.74, 6) is 0.434. The lowest BCUT2D eigenvalue weighted by molar-refractivity contribution is 0.573. The van der Waals surface area contributed by atoms with E-state index in [0.29, 0.717) is 19.0 Å². The summed E-state index contributed by atoms with van der Waals surface area (Å²) in [6, 6.07) is 0.472. The van der Waals surface area contributed by atoms with Crippen molar-refractivity contribution < 1.29 is 8.42 Å². The normalized spacial score (nSPS) is 12.3. The molecule has 5 nitrogen and oxygen atoms in total. The predicted octanol–water partition coefficient (Wildman–Crippen LogP) is 1.87. The van der Waals surface area contributed by atoms with Crippen LogP contribution in [0, 0.1) is 13.8 Å². The van der Waals surface area contributed by atoms with E-state index in [1.807, 2.05) is 25.5 Å². The minimum Gasteiger partial charge on any atom is -0.314 e. The molecule has 1 rings (SSSR count).